The molecule has 0 radical (unpaired) electrons. The Balaban J connectivity index is 2.14. The maximum atomic E-state index is 4.24. The zero-order valence-electron chi connectivity index (χ0n) is 9.82. The van der Waals surface area contributed by atoms with E-state index in [0.717, 1.165) is 32.6 Å². The molecular formula is C13H19N3. The third-order valence-corrected chi connectivity index (χ3v) is 2.85. The molecule has 3 heteroatoms. The second-order valence-corrected chi connectivity index (χ2v) is 3.99. The highest BCUT2D eigenvalue weighted by Crippen LogP contribution is 2.20. The number of anilines is 1. The van der Waals surface area contributed by atoms with Gasteiger partial charge in [0.1, 0.15) is 0 Å². The quantitative estimate of drug-likeness (QED) is 0.781. The third kappa shape index (κ3) is 2.61. The van der Waals surface area contributed by atoms with Crippen molar-refractivity contribution in [2.75, 3.05) is 24.5 Å². The van der Waals surface area contributed by atoms with E-state index in [-0.39, 0.29) is 0 Å². The summed E-state index contributed by atoms with van der Waals surface area (Å²) in [5.41, 5.74) is 2.61. The molecule has 0 saturated carbocycles. The number of nitrogens with one attached hydrogen (secondary N) is 1. The van der Waals surface area contributed by atoms with Crippen LogP contribution >= 0.6 is 0 Å². The van der Waals surface area contributed by atoms with Gasteiger partial charge in [-0.3, -0.25) is 4.98 Å². The van der Waals surface area contributed by atoms with Crippen LogP contribution < -0.4 is 10.2 Å². The van der Waals surface area contributed by atoms with E-state index in [1.54, 1.807) is 0 Å². The van der Waals surface area contributed by atoms with Crippen LogP contribution in [-0.2, 0) is 6.54 Å². The summed E-state index contributed by atoms with van der Waals surface area (Å²) < 4.78 is 0. The summed E-state index contributed by atoms with van der Waals surface area (Å²) in [6, 6.07) is 2.11. The Bertz CT molecular complexity index is 360. The molecule has 16 heavy (non-hydrogen) atoms. The average molecular weight is 217 g/mol. The molecular weight excluding hydrogens is 198 g/mol. The van der Waals surface area contributed by atoms with Crippen LogP contribution in [0.5, 0.6) is 0 Å². The Labute approximate surface area is 97.2 Å². The molecule has 1 aromatic rings. The lowest BCUT2D eigenvalue weighted by Crippen LogP contribution is -2.28. The van der Waals surface area contributed by atoms with Gasteiger partial charge in [0.25, 0.3) is 0 Å². The van der Waals surface area contributed by atoms with Crippen molar-refractivity contribution in [3.8, 4) is 0 Å². The number of pyridine rings is 1. The van der Waals surface area contributed by atoms with Crippen molar-refractivity contribution in [1.82, 2.24) is 10.3 Å². The number of aromatic nitrogens is 1. The Morgan fingerprint density at radius 3 is 3.12 bits per heavy atom. The first-order valence-corrected chi connectivity index (χ1v) is 5.95. The lowest BCUT2D eigenvalue weighted by atomic mass is 10.1. The van der Waals surface area contributed by atoms with Gasteiger partial charge in [0.2, 0.25) is 0 Å². The highest BCUT2D eigenvalue weighted by Gasteiger charge is 2.11. The Morgan fingerprint density at radius 2 is 2.38 bits per heavy atom. The standard InChI is InChI=1S/C13H19N3/c1-2-14-10-12-6-7-15-11-13(12)16-8-4-3-5-9-16/h3-4,6-7,11,14H,2,5,8-10H2,1H3. The molecule has 0 spiro atoms. The van der Waals surface area contributed by atoms with Gasteiger partial charge in [-0.15, -0.1) is 0 Å². The van der Waals surface area contributed by atoms with Gasteiger partial charge in [0.15, 0.2) is 0 Å². The smallest absolute Gasteiger partial charge is 0.0601 e. The summed E-state index contributed by atoms with van der Waals surface area (Å²) in [6.07, 6.45) is 9.46. The molecule has 0 atom stereocenters. The van der Waals surface area contributed by atoms with Crippen LogP contribution in [0.4, 0.5) is 5.69 Å². The Kier molecular flexibility index (Phi) is 3.94. The zero-order valence-corrected chi connectivity index (χ0v) is 9.82. The highest BCUT2D eigenvalue weighted by atomic mass is 15.1. The molecule has 0 saturated heterocycles. The van der Waals surface area contributed by atoms with Crippen molar-refractivity contribution in [2.24, 2.45) is 0 Å². The third-order valence-electron chi connectivity index (χ3n) is 2.85. The zero-order chi connectivity index (χ0) is 11.2. The van der Waals surface area contributed by atoms with Crippen LogP contribution in [0.3, 0.4) is 0 Å². The van der Waals surface area contributed by atoms with Crippen molar-refractivity contribution < 1.29 is 0 Å². The fourth-order valence-corrected chi connectivity index (χ4v) is 1.97. The van der Waals surface area contributed by atoms with Crippen LogP contribution in [0.2, 0.25) is 0 Å². The summed E-state index contributed by atoms with van der Waals surface area (Å²) in [5.74, 6) is 0. The fraction of sp³-hybridized carbons (Fsp3) is 0.462. The molecule has 2 heterocycles. The van der Waals surface area contributed by atoms with Crippen LogP contribution in [0.15, 0.2) is 30.6 Å². The van der Waals surface area contributed by atoms with E-state index in [2.05, 4.69) is 40.3 Å². The minimum absolute atomic E-state index is 0.925. The molecule has 0 amide bonds. The van der Waals surface area contributed by atoms with E-state index >= 15 is 0 Å². The van der Waals surface area contributed by atoms with Crippen LogP contribution in [0.25, 0.3) is 0 Å². The molecule has 0 unspecified atom stereocenters. The molecule has 1 aliphatic heterocycles. The lowest BCUT2D eigenvalue weighted by Gasteiger charge is -2.27. The predicted octanol–water partition coefficient (Wildman–Crippen LogP) is 1.96. The number of hydrogen-bond donors (Lipinski definition) is 1. The van der Waals surface area contributed by atoms with Crippen LogP contribution in [0.1, 0.15) is 18.9 Å². The van der Waals surface area contributed by atoms with Crippen molar-refractivity contribution >= 4 is 5.69 Å². The van der Waals surface area contributed by atoms with Gasteiger partial charge in [-0.05, 0) is 24.6 Å². The topological polar surface area (TPSA) is 28.2 Å². The average Bonchev–Trinajstić information content (AvgIpc) is 2.38. The molecule has 2 rings (SSSR count). The number of nitrogens with zero attached hydrogens (tertiary/aromatic N) is 2. The van der Waals surface area contributed by atoms with E-state index in [9.17, 15) is 0 Å². The highest BCUT2D eigenvalue weighted by molar-refractivity contribution is 5.52. The summed E-state index contributed by atoms with van der Waals surface area (Å²) in [4.78, 5) is 6.62. The second-order valence-electron chi connectivity index (χ2n) is 3.99. The summed E-state index contributed by atoms with van der Waals surface area (Å²) in [5, 5.41) is 3.37. The van der Waals surface area contributed by atoms with E-state index in [1.165, 1.54) is 11.3 Å². The van der Waals surface area contributed by atoms with Gasteiger partial charge in [-0.1, -0.05) is 19.1 Å². The van der Waals surface area contributed by atoms with Gasteiger partial charge < -0.3 is 10.2 Å². The first-order chi connectivity index (χ1) is 7.92. The van der Waals surface area contributed by atoms with Gasteiger partial charge in [-0.25, -0.2) is 0 Å². The molecule has 86 valence electrons. The minimum Gasteiger partial charge on any atom is -0.366 e. The van der Waals surface area contributed by atoms with Gasteiger partial charge >= 0.3 is 0 Å². The minimum atomic E-state index is 0.925. The van der Waals surface area contributed by atoms with E-state index in [0.29, 0.717) is 0 Å². The Morgan fingerprint density at radius 1 is 1.44 bits per heavy atom. The van der Waals surface area contributed by atoms with Gasteiger partial charge in [-0.2, -0.15) is 0 Å². The molecule has 0 aliphatic carbocycles. The monoisotopic (exact) mass is 217 g/mol. The fourth-order valence-electron chi connectivity index (χ4n) is 1.97. The van der Waals surface area contributed by atoms with Crippen molar-refractivity contribution in [3.63, 3.8) is 0 Å². The Hall–Kier alpha value is -1.35. The summed E-state index contributed by atoms with van der Waals surface area (Å²) >= 11 is 0. The molecule has 0 aromatic carbocycles. The molecule has 0 fully saturated rings. The largest absolute Gasteiger partial charge is 0.366 e. The van der Waals surface area contributed by atoms with Gasteiger partial charge in [0.05, 0.1) is 11.9 Å². The molecule has 0 bridgehead atoms. The predicted molar refractivity (Wildman–Crippen MR) is 67.6 cm³/mol. The molecule has 1 N–H and O–H groups in total. The van der Waals surface area contributed by atoms with E-state index in [1.807, 2.05) is 12.4 Å². The van der Waals surface area contributed by atoms with E-state index in [4.69, 9.17) is 0 Å². The normalized spacial score (nSPS) is 15.4. The maximum Gasteiger partial charge on any atom is 0.0601 e. The van der Waals surface area contributed by atoms with Crippen molar-refractivity contribution in [3.05, 3.63) is 36.2 Å². The number of rotatable bonds is 4. The van der Waals surface area contributed by atoms with Crippen LogP contribution in [0, 0.1) is 0 Å². The van der Waals surface area contributed by atoms with Crippen LogP contribution in [-0.4, -0.2) is 24.6 Å². The molecule has 1 aliphatic rings. The SMILES string of the molecule is CCNCc1ccncc1N1CC=CCC1. The maximum absolute atomic E-state index is 4.24. The molecule has 1 aromatic heterocycles. The lowest BCUT2D eigenvalue weighted by molar-refractivity contribution is 0.717. The summed E-state index contributed by atoms with van der Waals surface area (Å²) in [7, 11) is 0. The number of hydrogen-bond acceptors (Lipinski definition) is 3. The van der Waals surface area contributed by atoms with Gasteiger partial charge in [0, 0.05) is 25.8 Å². The second kappa shape index (κ2) is 5.66. The van der Waals surface area contributed by atoms with Crippen molar-refractivity contribution in [2.45, 2.75) is 19.9 Å². The first-order valence-electron chi connectivity index (χ1n) is 5.95. The first kappa shape index (κ1) is 11.1. The molecule has 3 nitrogen and oxygen atoms in total. The van der Waals surface area contributed by atoms with E-state index < -0.39 is 0 Å². The summed E-state index contributed by atoms with van der Waals surface area (Å²) in [6.45, 7) is 6.16. The van der Waals surface area contributed by atoms with Crippen molar-refractivity contribution in [1.29, 1.82) is 0 Å².